The average Bonchev–Trinajstić information content (AvgIpc) is 1.86. The Bertz CT molecular complexity index is 4940. The quantitative estimate of drug-likeness (QED) is 0.128. The van der Waals surface area contributed by atoms with Crippen molar-refractivity contribution in [1.29, 1.82) is 0 Å². The number of hydrogen-bond acceptors (Lipinski definition) is 3. The summed E-state index contributed by atoms with van der Waals surface area (Å²) in [5.41, 5.74) is 15.7. The lowest BCUT2D eigenvalue weighted by Gasteiger charge is -2.18. The molecule has 15 aromatic rings. The Morgan fingerprint density at radius 1 is 0.291 bits per heavy atom. The molecular formula is C77H47F3N6. The summed E-state index contributed by atoms with van der Waals surface area (Å²) in [5, 5.41) is 3.82. The predicted molar refractivity (Wildman–Crippen MR) is 343 cm³/mol. The summed E-state index contributed by atoms with van der Waals surface area (Å²) in [5.74, 6) is 0.807. The molecule has 0 amide bonds. The molecule has 0 radical (unpaired) electrons. The number of halogens is 3. The molecule has 0 saturated carbocycles. The standard InChI is InChI=1S/C77H47F3N6/c1-81-61-35-27-53(28-36-61)59-33-42-72(85-68-38-29-55(49-17-7-2-8-18-49)43-63(68)64-44-56(30-39-69(64)85)50-19-9-3-10-20-50)67(47-59)76-83-74(54-25-15-6-16-26-54)82-75(84-76)62-37-34-60(77(78,79)80)48-73(62)86-70-40-31-57(51-21-11-4-12-22-51)45-65(70)66-46-58(32-41-71(66)86)52-23-13-5-14-24-52/h2-48H. The first-order chi connectivity index (χ1) is 42.2. The molecule has 0 aliphatic rings. The van der Waals surface area contributed by atoms with Gasteiger partial charge in [0.2, 0.25) is 0 Å². The van der Waals surface area contributed by atoms with E-state index in [1.54, 1.807) is 12.1 Å². The number of rotatable bonds is 10. The second-order valence-electron chi connectivity index (χ2n) is 21.4. The monoisotopic (exact) mass is 1110 g/mol. The van der Waals surface area contributed by atoms with E-state index < -0.39 is 11.7 Å². The van der Waals surface area contributed by atoms with Crippen molar-refractivity contribution in [3.05, 3.63) is 302 Å². The fourth-order valence-electron chi connectivity index (χ4n) is 12.0. The highest BCUT2D eigenvalue weighted by Crippen LogP contribution is 2.45. The van der Waals surface area contributed by atoms with Crippen LogP contribution in [-0.2, 0) is 6.18 Å². The Morgan fingerprint density at radius 3 is 1.03 bits per heavy atom. The van der Waals surface area contributed by atoms with E-state index in [1.807, 2.05) is 144 Å². The summed E-state index contributed by atoms with van der Waals surface area (Å²) in [4.78, 5) is 19.7. The van der Waals surface area contributed by atoms with Crippen LogP contribution in [0.4, 0.5) is 18.9 Å². The van der Waals surface area contributed by atoms with Gasteiger partial charge in [0.05, 0.1) is 45.6 Å². The van der Waals surface area contributed by atoms with E-state index in [2.05, 4.69) is 125 Å². The van der Waals surface area contributed by atoms with Gasteiger partial charge in [0.25, 0.3) is 0 Å². The zero-order valence-electron chi connectivity index (χ0n) is 46.0. The summed E-state index contributed by atoms with van der Waals surface area (Å²) in [6.45, 7) is 7.72. The summed E-state index contributed by atoms with van der Waals surface area (Å²) in [6.07, 6.45) is -4.69. The third-order valence-electron chi connectivity index (χ3n) is 16.2. The maximum Gasteiger partial charge on any atom is 0.416 e. The van der Waals surface area contributed by atoms with Crippen molar-refractivity contribution in [2.75, 3.05) is 0 Å². The molecule has 0 atom stereocenters. The second kappa shape index (κ2) is 21.1. The number of aromatic nitrogens is 5. The maximum atomic E-state index is 15.4. The Hall–Kier alpha value is -11.5. The molecule has 0 aliphatic carbocycles. The number of benzene rings is 12. The lowest BCUT2D eigenvalue weighted by Crippen LogP contribution is -2.09. The molecule has 9 heteroatoms. The zero-order chi connectivity index (χ0) is 57.9. The van der Waals surface area contributed by atoms with Crippen LogP contribution in [0, 0.1) is 6.57 Å². The van der Waals surface area contributed by atoms with Gasteiger partial charge in [0, 0.05) is 38.2 Å². The molecule has 0 spiro atoms. The molecule has 0 unspecified atom stereocenters. The second-order valence-corrected chi connectivity index (χ2v) is 21.4. The van der Waals surface area contributed by atoms with Crippen molar-refractivity contribution >= 4 is 49.3 Å². The van der Waals surface area contributed by atoms with Crippen LogP contribution < -0.4 is 0 Å². The van der Waals surface area contributed by atoms with Gasteiger partial charge < -0.3 is 9.13 Å². The van der Waals surface area contributed by atoms with Crippen LogP contribution in [0.1, 0.15) is 5.56 Å². The molecule has 86 heavy (non-hydrogen) atoms. The zero-order valence-corrected chi connectivity index (χ0v) is 46.0. The summed E-state index contributed by atoms with van der Waals surface area (Å²) < 4.78 is 50.4. The minimum absolute atomic E-state index is 0.175. The van der Waals surface area contributed by atoms with Gasteiger partial charge in [-0.2, -0.15) is 13.2 Å². The van der Waals surface area contributed by atoms with Crippen molar-refractivity contribution < 1.29 is 13.2 Å². The van der Waals surface area contributed by atoms with Crippen molar-refractivity contribution in [1.82, 2.24) is 24.1 Å². The molecular weight excluding hydrogens is 1070 g/mol. The van der Waals surface area contributed by atoms with Gasteiger partial charge >= 0.3 is 6.18 Å². The summed E-state index contributed by atoms with van der Waals surface area (Å²) >= 11 is 0. The van der Waals surface area contributed by atoms with Crippen LogP contribution in [0.15, 0.2) is 285 Å². The van der Waals surface area contributed by atoms with Crippen LogP contribution in [-0.4, -0.2) is 24.1 Å². The third kappa shape index (κ3) is 9.23. The van der Waals surface area contributed by atoms with Gasteiger partial charge in [0.15, 0.2) is 23.2 Å². The van der Waals surface area contributed by atoms with Crippen molar-refractivity contribution in [2.45, 2.75) is 6.18 Å². The molecule has 0 N–H and O–H groups in total. The first kappa shape index (κ1) is 51.4. The van der Waals surface area contributed by atoms with Gasteiger partial charge in [-0.25, -0.2) is 19.8 Å². The first-order valence-corrected chi connectivity index (χ1v) is 28.3. The number of alkyl halides is 3. The Morgan fingerprint density at radius 2 is 0.628 bits per heavy atom. The van der Waals surface area contributed by atoms with Crippen LogP contribution in [0.25, 0.3) is 150 Å². The summed E-state index contributed by atoms with van der Waals surface area (Å²) in [6, 6.07) is 93.5. The highest BCUT2D eigenvalue weighted by Gasteiger charge is 2.33. The van der Waals surface area contributed by atoms with Crippen molar-refractivity contribution in [3.8, 4) is 101 Å². The lowest BCUT2D eigenvalue weighted by molar-refractivity contribution is -0.137. The van der Waals surface area contributed by atoms with Gasteiger partial charge in [-0.1, -0.05) is 206 Å². The topological polar surface area (TPSA) is 52.9 Å². The van der Waals surface area contributed by atoms with E-state index in [0.717, 1.165) is 100.0 Å². The number of hydrogen-bond donors (Lipinski definition) is 0. The van der Waals surface area contributed by atoms with Crippen LogP contribution in [0.2, 0.25) is 0 Å². The highest BCUT2D eigenvalue weighted by atomic mass is 19.4. The maximum absolute atomic E-state index is 15.4. The predicted octanol–water partition coefficient (Wildman–Crippen LogP) is 21.0. The van der Waals surface area contributed by atoms with Gasteiger partial charge in [0.1, 0.15) is 0 Å². The minimum Gasteiger partial charge on any atom is -0.308 e. The molecule has 15 rings (SSSR count). The summed E-state index contributed by atoms with van der Waals surface area (Å²) in [7, 11) is 0. The van der Waals surface area contributed by atoms with Gasteiger partial charge in [-0.15, -0.1) is 0 Å². The molecule has 406 valence electrons. The Labute approximate surface area is 493 Å². The van der Waals surface area contributed by atoms with Crippen molar-refractivity contribution in [2.24, 2.45) is 0 Å². The number of fused-ring (bicyclic) bond motifs is 6. The lowest BCUT2D eigenvalue weighted by atomic mass is 10.00. The van der Waals surface area contributed by atoms with Crippen LogP contribution in [0.5, 0.6) is 0 Å². The minimum atomic E-state index is -4.69. The van der Waals surface area contributed by atoms with E-state index in [-0.39, 0.29) is 11.5 Å². The fraction of sp³-hybridized carbons (Fsp3) is 0.0130. The van der Waals surface area contributed by atoms with Gasteiger partial charge in [-0.05, 0) is 134 Å². The molecule has 0 bridgehead atoms. The van der Waals surface area contributed by atoms with E-state index in [9.17, 15) is 0 Å². The molecule has 6 nitrogen and oxygen atoms in total. The number of nitrogens with zero attached hydrogens (tertiary/aromatic N) is 6. The molecule has 12 aromatic carbocycles. The molecule has 3 aromatic heterocycles. The Balaban J connectivity index is 1.01. The van der Waals surface area contributed by atoms with Crippen LogP contribution >= 0.6 is 0 Å². The van der Waals surface area contributed by atoms with E-state index in [0.29, 0.717) is 45.1 Å². The fourth-order valence-corrected chi connectivity index (χ4v) is 12.0. The Kier molecular flexibility index (Phi) is 12.6. The van der Waals surface area contributed by atoms with E-state index in [4.69, 9.17) is 21.5 Å². The first-order valence-electron chi connectivity index (χ1n) is 28.3. The molecule has 3 heterocycles. The average molecular weight is 1110 g/mol. The SMILES string of the molecule is [C-]#[N+]c1ccc(-c2ccc(-n3c4ccc(-c5ccccc5)cc4c4cc(-c5ccccc5)ccc43)c(-c3nc(-c4ccccc4)nc(-c4ccc(C(F)(F)F)cc4-n4c5ccc(-c6ccccc6)cc5c5cc(-c6ccccc6)ccc54)n3)c2)cc1. The smallest absolute Gasteiger partial charge is 0.308 e. The highest BCUT2D eigenvalue weighted by molar-refractivity contribution is 6.13. The largest absolute Gasteiger partial charge is 0.416 e. The molecule has 0 fully saturated rings. The van der Waals surface area contributed by atoms with Gasteiger partial charge in [-0.3, -0.25) is 0 Å². The third-order valence-corrected chi connectivity index (χ3v) is 16.2. The molecule has 0 saturated heterocycles. The van der Waals surface area contributed by atoms with Crippen LogP contribution in [0.3, 0.4) is 0 Å². The van der Waals surface area contributed by atoms with E-state index >= 15 is 13.2 Å². The van der Waals surface area contributed by atoms with E-state index in [1.165, 1.54) is 12.1 Å². The molecule has 0 aliphatic heterocycles. The van der Waals surface area contributed by atoms with Crippen molar-refractivity contribution in [3.63, 3.8) is 0 Å². The normalized spacial score (nSPS) is 11.7.